The van der Waals surface area contributed by atoms with Gasteiger partial charge in [0.25, 0.3) is 0 Å². The fraction of sp³-hybridized carbons (Fsp3) is 0.125. The van der Waals surface area contributed by atoms with Crippen LogP contribution in [0.2, 0.25) is 0 Å². The monoisotopic (exact) mass is 148 g/mol. The molecule has 0 spiro atoms. The Morgan fingerprint density at radius 3 is 3.27 bits per heavy atom. The van der Waals surface area contributed by atoms with E-state index in [1.807, 2.05) is 22.7 Å². The Morgan fingerprint density at radius 1 is 1.55 bits per heavy atom. The van der Waals surface area contributed by atoms with Gasteiger partial charge in [-0.3, -0.25) is 0 Å². The van der Waals surface area contributed by atoms with Crippen LogP contribution in [0, 0.1) is 0 Å². The highest BCUT2D eigenvalue weighted by atomic mass is 16.5. The first-order valence-electron chi connectivity index (χ1n) is 3.36. The second-order valence-corrected chi connectivity index (χ2v) is 2.26. The Hall–Kier alpha value is -1.51. The molecule has 0 bridgehead atoms. The highest BCUT2D eigenvalue weighted by molar-refractivity contribution is 5.58. The number of ether oxygens (including phenoxy) is 1. The Morgan fingerprint density at radius 2 is 2.45 bits per heavy atom. The zero-order chi connectivity index (χ0) is 7.68. The quantitative estimate of drug-likeness (QED) is 0.610. The van der Waals surface area contributed by atoms with Gasteiger partial charge >= 0.3 is 0 Å². The van der Waals surface area contributed by atoms with Crippen LogP contribution < -0.4 is 4.74 Å². The third-order valence-electron chi connectivity index (χ3n) is 1.63. The SMILES string of the molecule is COc1cccn2cncc12. The maximum absolute atomic E-state index is 5.12. The lowest BCUT2D eigenvalue weighted by molar-refractivity contribution is 0.418. The Labute approximate surface area is 64.2 Å². The number of rotatable bonds is 1. The van der Waals surface area contributed by atoms with Crippen molar-refractivity contribution in [3.05, 3.63) is 30.9 Å². The van der Waals surface area contributed by atoms with E-state index in [-0.39, 0.29) is 0 Å². The summed E-state index contributed by atoms with van der Waals surface area (Å²) in [5.41, 5.74) is 0.995. The smallest absolute Gasteiger partial charge is 0.144 e. The predicted molar refractivity (Wildman–Crippen MR) is 41.7 cm³/mol. The number of hydrogen-bond acceptors (Lipinski definition) is 2. The van der Waals surface area contributed by atoms with E-state index in [9.17, 15) is 0 Å². The van der Waals surface area contributed by atoms with Crippen molar-refractivity contribution < 1.29 is 4.74 Å². The van der Waals surface area contributed by atoms with Crippen molar-refractivity contribution in [3.8, 4) is 5.75 Å². The number of imidazole rings is 1. The van der Waals surface area contributed by atoms with Gasteiger partial charge in [0.1, 0.15) is 11.3 Å². The zero-order valence-electron chi connectivity index (χ0n) is 6.19. The van der Waals surface area contributed by atoms with Crippen molar-refractivity contribution in [2.45, 2.75) is 0 Å². The van der Waals surface area contributed by atoms with Crippen LogP contribution in [-0.4, -0.2) is 16.5 Å². The number of nitrogens with zero attached hydrogens (tertiary/aromatic N) is 2. The molecule has 0 saturated carbocycles. The van der Waals surface area contributed by atoms with E-state index in [0.717, 1.165) is 11.3 Å². The number of hydrogen-bond donors (Lipinski definition) is 0. The van der Waals surface area contributed by atoms with Crippen molar-refractivity contribution in [3.63, 3.8) is 0 Å². The summed E-state index contributed by atoms with van der Waals surface area (Å²) >= 11 is 0. The molecule has 0 amide bonds. The summed E-state index contributed by atoms with van der Waals surface area (Å²) in [7, 11) is 1.66. The van der Waals surface area contributed by atoms with Gasteiger partial charge in [-0.15, -0.1) is 0 Å². The molecule has 0 aliphatic heterocycles. The van der Waals surface area contributed by atoms with Crippen LogP contribution in [0.5, 0.6) is 5.75 Å². The van der Waals surface area contributed by atoms with Gasteiger partial charge in [-0.25, -0.2) is 4.98 Å². The third-order valence-corrected chi connectivity index (χ3v) is 1.63. The number of methoxy groups -OCH3 is 1. The molecule has 0 unspecified atom stereocenters. The van der Waals surface area contributed by atoms with Gasteiger partial charge in [0.2, 0.25) is 0 Å². The lowest BCUT2D eigenvalue weighted by atomic mass is 10.4. The van der Waals surface area contributed by atoms with Gasteiger partial charge in [0.05, 0.1) is 19.6 Å². The van der Waals surface area contributed by atoms with Gasteiger partial charge in [0.15, 0.2) is 0 Å². The molecule has 56 valence electrons. The molecule has 0 radical (unpaired) electrons. The summed E-state index contributed by atoms with van der Waals surface area (Å²) in [4.78, 5) is 3.99. The molecule has 3 heteroatoms. The molecule has 2 aromatic heterocycles. The Balaban J connectivity index is 2.79. The molecule has 0 aliphatic rings. The summed E-state index contributed by atoms with van der Waals surface area (Å²) in [6.07, 6.45) is 5.46. The molecule has 2 rings (SSSR count). The van der Waals surface area contributed by atoms with Gasteiger partial charge < -0.3 is 9.14 Å². The lowest BCUT2D eigenvalue weighted by Crippen LogP contribution is -1.86. The molecule has 11 heavy (non-hydrogen) atoms. The average molecular weight is 148 g/mol. The Bertz CT molecular complexity index is 367. The molecule has 3 nitrogen and oxygen atoms in total. The molecular formula is C8H8N2O. The predicted octanol–water partition coefficient (Wildman–Crippen LogP) is 1.34. The van der Waals surface area contributed by atoms with Crippen molar-refractivity contribution in [1.82, 2.24) is 9.38 Å². The summed E-state index contributed by atoms with van der Waals surface area (Å²) < 4.78 is 7.04. The fourth-order valence-corrected chi connectivity index (χ4v) is 1.10. The van der Waals surface area contributed by atoms with Crippen molar-refractivity contribution in [2.75, 3.05) is 7.11 Å². The lowest BCUT2D eigenvalue weighted by Gasteiger charge is -2.00. The molecule has 0 fully saturated rings. The van der Waals surface area contributed by atoms with Crippen LogP contribution in [-0.2, 0) is 0 Å². The van der Waals surface area contributed by atoms with Crippen LogP contribution in [0.15, 0.2) is 30.9 Å². The van der Waals surface area contributed by atoms with Crippen LogP contribution in [0.25, 0.3) is 5.52 Å². The fourth-order valence-electron chi connectivity index (χ4n) is 1.10. The molecule has 0 N–H and O–H groups in total. The highest BCUT2D eigenvalue weighted by Gasteiger charge is 1.98. The van der Waals surface area contributed by atoms with Crippen LogP contribution >= 0.6 is 0 Å². The zero-order valence-corrected chi connectivity index (χ0v) is 6.19. The van der Waals surface area contributed by atoms with Gasteiger partial charge in [-0.1, -0.05) is 0 Å². The minimum absolute atomic E-state index is 0.852. The molecule has 0 aliphatic carbocycles. The first kappa shape index (κ1) is 6.22. The topological polar surface area (TPSA) is 26.5 Å². The minimum atomic E-state index is 0.852. The van der Waals surface area contributed by atoms with Crippen molar-refractivity contribution in [2.24, 2.45) is 0 Å². The van der Waals surface area contributed by atoms with E-state index in [1.165, 1.54) is 0 Å². The van der Waals surface area contributed by atoms with E-state index in [2.05, 4.69) is 4.98 Å². The van der Waals surface area contributed by atoms with E-state index < -0.39 is 0 Å². The summed E-state index contributed by atoms with van der Waals surface area (Å²) in [5, 5.41) is 0. The van der Waals surface area contributed by atoms with E-state index in [1.54, 1.807) is 19.6 Å². The first-order valence-corrected chi connectivity index (χ1v) is 3.36. The average Bonchev–Trinajstić information content (AvgIpc) is 2.50. The molecular weight excluding hydrogens is 140 g/mol. The van der Waals surface area contributed by atoms with E-state index in [4.69, 9.17) is 4.74 Å². The summed E-state index contributed by atoms with van der Waals surface area (Å²) in [6, 6.07) is 3.84. The number of pyridine rings is 1. The number of aromatic nitrogens is 2. The van der Waals surface area contributed by atoms with Gasteiger partial charge in [0, 0.05) is 6.20 Å². The van der Waals surface area contributed by atoms with Gasteiger partial charge in [-0.2, -0.15) is 0 Å². The maximum Gasteiger partial charge on any atom is 0.144 e. The molecule has 2 heterocycles. The largest absolute Gasteiger partial charge is 0.494 e. The maximum atomic E-state index is 5.12. The second kappa shape index (κ2) is 2.27. The summed E-state index contributed by atoms with van der Waals surface area (Å²) in [5.74, 6) is 0.852. The van der Waals surface area contributed by atoms with Crippen molar-refractivity contribution in [1.29, 1.82) is 0 Å². The normalized spacial score (nSPS) is 10.3. The van der Waals surface area contributed by atoms with Crippen LogP contribution in [0.3, 0.4) is 0 Å². The molecule has 0 aromatic carbocycles. The van der Waals surface area contributed by atoms with Gasteiger partial charge in [-0.05, 0) is 12.1 Å². The van der Waals surface area contributed by atoms with Crippen LogP contribution in [0.1, 0.15) is 0 Å². The Kier molecular flexibility index (Phi) is 1.28. The third kappa shape index (κ3) is 0.852. The molecule has 0 atom stereocenters. The molecule has 2 aromatic rings. The standard InChI is InChI=1S/C8H8N2O/c1-11-8-3-2-4-10-6-9-5-7(8)10/h2-6H,1H3. The first-order chi connectivity index (χ1) is 5.42. The number of fused-ring (bicyclic) bond motifs is 1. The van der Waals surface area contributed by atoms with Crippen LogP contribution in [0.4, 0.5) is 0 Å². The van der Waals surface area contributed by atoms with E-state index >= 15 is 0 Å². The highest BCUT2D eigenvalue weighted by Crippen LogP contribution is 2.17. The summed E-state index contributed by atoms with van der Waals surface area (Å²) in [6.45, 7) is 0. The van der Waals surface area contributed by atoms with Crippen molar-refractivity contribution >= 4 is 5.52 Å². The second-order valence-electron chi connectivity index (χ2n) is 2.26. The minimum Gasteiger partial charge on any atom is -0.494 e. The van der Waals surface area contributed by atoms with E-state index in [0.29, 0.717) is 0 Å². The molecule has 0 saturated heterocycles.